The van der Waals surface area contributed by atoms with Crippen LogP contribution in [-0.4, -0.2) is 22.1 Å². The summed E-state index contributed by atoms with van der Waals surface area (Å²) < 4.78 is 6.86. The first-order valence-electron chi connectivity index (χ1n) is 7.88. The molecule has 5 nitrogen and oxygen atoms in total. The fraction of sp³-hybridized carbons (Fsp3) is 0.278. The SMILES string of the molecule is CSc1sc(NC(=O)CCc2ncc(-c3ccc(C)cc3)o2)nc1C. The van der Waals surface area contributed by atoms with Crippen LogP contribution in [0.4, 0.5) is 5.13 Å². The largest absolute Gasteiger partial charge is 0.441 e. The number of nitrogens with zero attached hydrogens (tertiary/aromatic N) is 2. The average Bonchev–Trinajstić information content (AvgIpc) is 3.20. The minimum absolute atomic E-state index is 0.0866. The second-order valence-corrected chi connectivity index (χ2v) is 7.70. The molecule has 1 amide bonds. The van der Waals surface area contributed by atoms with Gasteiger partial charge in [0.05, 0.1) is 16.1 Å². The number of aryl methyl sites for hydroxylation is 3. The highest BCUT2D eigenvalue weighted by molar-refractivity contribution is 8.00. The maximum Gasteiger partial charge on any atom is 0.226 e. The third-order valence-electron chi connectivity index (χ3n) is 3.64. The molecule has 2 heterocycles. The van der Waals surface area contributed by atoms with Gasteiger partial charge in [0.1, 0.15) is 0 Å². The molecule has 0 aliphatic heterocycles. The predicted octanol–water partition coefficient (Wildman–Crippen LogP) is 4.71. The molecule has 0 saturated heterocycles. The number of thioether (sulfide) groups is 1. The Labute approximate surface area is 154 Å². The molecule has 0 unspecified atom stereocenters. The molecule has 0 saturated carbocycles. The number of carbonyl (C=O) groups excluding carboxylic acids is 1. The fourth-order valence-electron chi connectivity index (χ4n) is 2.30. The minimum Gasteiger partial charge on any atom is -0.441 e. The van der Waals surface area contributed by atoms with Gasteiger partial charge in [-0.2, -0.15) is 0 Å². The summed E-state index contributed by atoms with van der Waals surface area (Å²) in [7, 11) is 0. The van der Waals surface area contributed by atoms with E-state index in [1.165, 1.54) is 16.9 Å². The number of benzene rings is 1. The second-order valence-electron chi connectivity index (χ2n) is 5.63. The molecule has 0 aliphatic carbocycles. The second kappa shape index (κ2) is 7.84. The molecular weight excluding hydrogens is 354 g/mol. The van der Waals surface area contributed by atoms with Gasteiger partial charge in [-0.15, -0.1) is 11.8 Å². The summed E-state index contributed by atoms with van der Waals surface area (Å²) in [6.45, 7) is 3.98. The summed E-state index contributed by atoms with van der Waals surface area (Å²) in [5.74, 6) is 1.19. The normalized spacial score (nSPS) is 10.8. The molecule has 0 atom stereocenters. The van der Waals surface area contributed by atoms with E-state index in [-0.39, 0.29) is 5.91 Å². The van der Waals surface area contributed by atoms with Crippen LogP contribution in [0.3, 0.4) is 0 Å². The van der Waals surface area contributed by atoms with Crippen LogP contribution >= 0.6 is 23.1 Å². The molecule has 1 aromatic carbocycles. The van der Waals surface area contributed by atoms with Crippen molar-refractivity contribution in [1.29, 1.82) is 0 Å². The number of hydrogen-bond acceptors (Lipinski definition) is 6. The summed E-state index contributed by atoms with van der Waals surface area (Å²) in [6, 6.07) is 8.06. The lowest BCUT2D eigenvalue weighted by molar-refractivity contribution is -0.116. The lowest BCUT2D eigenvalue weighted by Gasteiger charge is -2.00. The molecule has 130 valence electrons. The minimum atomic E-state index is -0.0866. The van der Waals surface area contributed by atoms with Crippen molar-refractivity contribution in [2.45, 2.75) is 30.9 Å². The number of anilines is 1. The lowest BCUT2D eigenvalue weighted by Crippen LogP contribution is -2.12. The third-order valence-corrected chi connectivity index (χ3v) is 5.93. The lowest BCUT2D eigenvalue weighted by atomic mass is 10.1. The number of nitrogens with one attached hydrogen (secondary N) is 1. The van der Waals surface area contributed by atoms with Gasteiger partial charge in [0.25, 0.3) is 0 Å². The van der Waals surface area contributed by atoms with Crippen LogP contribution in [-0.2, 0) is 11.2 Å². The van der Waals surface area contributed by atoms with Crippen molar-refractivity contribution in [1.82, 2.24) is 9.97 Å². The zero-order valence-electron chi connectivity index (χ0n) is 14.3. The van der Waals surface area contributed by atoms with E-state index in [0.717, 1.165) is 21.2 Å². The van der Waals surface area contributed by atoms with Gasteiger partial charge < -0.3 is 9.73 Å². The van der Waals surface area contributed by atoms with Crippen LogP contribution in [0.2, 0.25) is 0 Å². The number of hydrogen-bond donors (Lipinski definition) is 1. The average molecular weight is 374 g/mol. The maximum absolute atomic E-state index is 12.1. The molecule has 2 aromatic heterocycles. The van der Waals surface area contributed by atoms with E-state index in [1.807, 2.05) is 44.4 Å². The van der Waals surface area contributed by atoms with E-state index >= 15 is 0 Å². The summed E-state index contributed by atoms with van der Waals surface area (Å²) in [5.41, 5.74) is 3.13. The highest BCUT2D eigenvalue weighted by atomic mass is 32.2. The molecular formula is C18H19N3O2S2. The zero-order valence-corrected chi connectivity index (χ0v) is 16.0. The standard InChI is InChI=1S/C18H19N3O2S2/c1-11-4-6-13(7-5-11)14-10-19-16(23-14)9-8-15(22)21-18-20-12(2)17(24-3)25-18/h4-7,10H,8-9H2,1-3H3,(H,20,21,22). The van der Waals surface area contributed by atoms with E-state index in [0.29, 0.717) is 23.9 Å². The van der Waals surface area contributed by atoms with Crippen molar-refractivity contribution in [3.05, 3.63) is 47.6 Å². The first-order chi connectivity index (χ1) is 12.0. The van der Waals surface area contributed by atoms with Crippen molar-refractivity contribution in [2.75, 3.05) is 11.6 Å². The Morgan fingerprint density at radius 2 is 2.04 bits per heavy atom. The Bertz CT molecular complexity index is 869. The van der Waals surface area contributed by atoms with E-state index in [9.17, 15) is 4.79 Å². The topological polar surface area (TPSA) is 68.0 Å². The molecule has 0 bridgehead atoms. The van der Waals surface area contributed by atoms with Gasteiger partial charge in [0.15, 0.2) is 16.8 Å². The molecule has 1 N–H and O–H groups in total. The highest BCUT2D eigenvalue weighted by Gasteiger charge is 2.12. The van der Waals surface area contributed by atoms with Gasteiger partial charge in [0.2, 0.25) is 5.91 Å². The maximum atomic E-state index is 12.1. The van der Waals surface area contributed by atoms with Crippen molar-refractivity contribution in [3.8, 4) is 11.3 Å². The van der Waals surface area contributed by atoms with E-state index in [1.54, 1.807) is 18.0 Å². The summed E-state index contributed by atoms with van der Waals surface area (Å²) in [5, 5.41) is 3.48. The summed E-state index contributed by atoms with van der Waals surface area (Å²) in [4.78, 5) is 20.7. The van der Waals surface area contributed by atoms with Gasteiger partial charge in [-0.3, -0.25) is 4.79 Å². The quantitative estimate of drug-likeness (QED) is 0.634. The number of carbonyl (C=O) groups is 1. The molecule has 0 fully saturated rings. The number of oxazole rings is 1. The van der Waals surface area contributed by atoms with Crippen molar-refractivity contribution in [2.24, 2.45) is 0 Å². The van der Waals surface area contributed by atoms with Gasteiger partial charge in [-0.25, -0.2) is 9.97 Å². The smallest absolute Gasteiger partial charge is 0.226 e. The van der Waals surface area contributed by atoms with Crippen LogP contribution in [0, 0.1) is 13.8 Å². The van der Waals surface area contributed by atoms with Crippen LogP contribution in [0.15, 0.2) is 39.1 Å². The van der Waals surface area contributed by atoms with Crippen molar-refractivity contribution >= 4 is 34.1 Å². The van der Waals surface area contributed by atoms with E-state index < -0.39 is 0 Å². The Kier molecular flexibility index (Phi) is 5.55. The Morgan fingerprint density at radius 3 is 2.72 bits per heavy atom. The van der Waals surface area contributed by atoms with Crippen LogP contribution < -0.4 is 5.32 Å². The van der Waals surface area contributed by atoms with Crippen LogP contribution in [0.25, 0.3) is 11.3 Å². The highest BCUT2D eigenvalue weighted by Crippen LogP contribution is 2.30. The molecule has 0 spiro atoms. The molecule has 0 aliphatic rings. The molecule has 3 rings (SSSR count). The monoisotopic (exact) mass is 373 g/mol. The zero-order chi connectivity index (χ0) is 17.8. The Balaban J connectivity index is 1.56. The molecule has 7 heteroatoms. The van der Waals surface area contributed by atoms with Gasteiger partial charge in [-0.05, 0) is 20.1 Å². The van der Waals surface area contributed by atoms with Crippen molar-refractivity contribution in [3.63, 3.8) is 0 Å². The summed E-state index contributed by atoms with van der Waals surface area (Å²) >= 11 is 3.13. The Morgan fingerprint density at radius 1 is 1.28 bits per heavy atom. The van der Waals surface area contributed by atoms with Crippen LogP contribution in [0.5, 0.6) is 0 Å². The number of aromatic nitrogens is 2. The first-order valence-corrected chi connectivity index (χ1v) is 9.92. The van der Waals surface area contributed by atoms with Gasteiger partial charge in [-0.1, -0.05) is 41.2 Å². The number of thiazole rings is 1. The molecule has 25 heavy (non-hydrogen) atoms. The fourth-order valence-corrected chi connectivity index (χ4v) is 3.93. The van der Waals surface area contributed by atoms with E-state index in [2.05, 4.69) is 15.3 Å². The Hall–Kier alpha value is -2.12. The number of rotatable bonds is 6. The van der Waals surface area contributed by atoms with Gasteiger partial charge in [0, 0.05) is 18.4 Å². The molecule has 0 radical (unpaired) electrons. The predicted molar refractivity (Wildman–Crippen MR) is 102 cm³/mol. The van der Waals surface area contributed by atoms with E-state index in [4.69, 9.17) is 4.42 Å². The van der Waals surface area contributed by atoms with Gasteiger partial charge >= 0.3 is 0 Å². The third kappa shape index (κ3) is 4.49. The van der Waals surface area contributed by atoms with Crippen LogP contribution in [0.1, 0.15) is 23.6 Å². The number of amides is 1. The molecule has 3 aromatic rings. The first kappa shape index (κ1) is 17.7. The summed E-state index contributed by atoms with van der Waals surface area (Å²) in [6.07, 6.45) is 4.46. The van der Waals surface area contributed by atoms with Crippen molar-refractivity contribution < 1.29 is 9.21 Å².